The molecule has 0 bridgehead atoms. The van der Waals surface area contributed by atoms with Crippen LogP contribution < -0.4 is 5.32 Å². The van der Waals surface area contributed by atoms with Gasteiger partial charge in [-0.05, 0) is 25.3 Å². The van der Waals surface area contributed by atoms with Crippen molar-refractivity contribution < 1.29 is 26.7 Å². The summed E-state index contributed by atoms with van der Waals surface area (Å²) in [5, 5.41) is 12.5. The molecule has 0 aliphatic rings. The zero-order chi connectivity index (χ0) is 16.3. The van der Waals surface area contributed by atoms with Crippen LogP contribution in [0.25, 0.3) is 0 Å². The third kappa shape index (κ3) is 4.52. The molecule has 0 radical (unpaired) electrons. The highest BCUT2D eigenvalue weighted by Crippen LogP contribution is 2.34. The third-order valence-corrected chi connectivity index (χ3v) is 5.05. The summed E-state index contributed by atoms with van der Waals surface area (Å²) < 4.78 is 60.9. The van der Waals surface area contributed by atoms with Crippen LogP contribution in [0.1, 0.15) is 6.92 Å². The van der Waals surface area contributed by atoms with Crippen molar-refractivity contribution in [3.63, 3.8) is 0 Å². The van der Waals surface area contributed by atoms with Gasteiger partial charge in [0.2, 0.25) is 0 Å². The molecule has 2 N–H and O–H groups in total. The van der Waals surface area contributed by atoms with Gasteiger partial charge < -0.3 is 10.4 Å². The van der Waals surface area contributed by atoms with E-state index in [1.807, 2.05) is 0 Å². The van der Waals surface area contributed by atoms with Gasteiger partial charge in [-0.1, -0.05) is 12.1 Å². The van der Waals surface area contributed by atoms with E-state index < -0.39 is 25.8 Å². The Hall–Kier alpha value is -0.930. The molecule has 1 aromatic carbocycles. The predicted octanol–water partition coefficient (Wildman–Crippen LogP) is 2.51. The van der Waals surface area contributed by atoms with Crippen LogP contribution in [0, 0.1) is 0 Å². The molecule has 0 aliphatic carbocycles. The summed E-state index contributed by atoms with van der Waals surface area (Å²) in [5.74, 6) is 0.355. The van der Waals surface area contributed by atoms with Crippen molar-refractivity contribution in [3.05, 3.63) is 24.3 Å². The molecule has 4 nitrogen and oxygen atoms in total. The second-order valence-corrected chi connectivity index (χ2v) is 7.50. The summed E-state index contributed by atoms with van der Waals surface area (Å²) in [7, 11) is -5.44. The fourth-order valence-corrected chi connectivity index (χ4v) is 3.28. The summed E-state index contributed by atoms with van der Waals surface area (Å²) in [6.07, 6.45) is 1.77. The molecule has 1 rings (SSSR count). The lowest BCUT2D eigenvalue weighted by molar-refractivity contribution is -0.0435. The molecular formula is C12H16F3NO3S2. The number of aliphatic hydroxyl groups is 1. The number of alkyl halides is 3. The SMILES string of the molecule is CSCC(C)(O)CNc1ccccc1S(=O)(=O)C(F)(F)F. The maximum absolute atomic E-state index is 12.6. The summed E-state index contributed by atoms with van der Waals surface area (Å²) in [6.45, 7) is 1.44. The standard InChI is InChI=1S/C12H16F3NO3S2/c1-11(17,8-20-2)7-16-9-5-3-4-6-10(9)21(18,19)12(13,14)15/h3-6,16-17H,7-8H2,1-2H3. The minimum absolute atomic E-state index is 0.0712. The largest absolute Gasteiger partial charge is 0.501 e. The van der Waals surface area contributed by atoms with Gasteiger partial charge in [-0.25, -0.2) is 8.42 Å². The van der Waals surface area contributed by atoms with Crippen molar-refractivity contribution in [2.45, 2.75) is 22.9 Å². The molecule has 120 valence electrons. The van der Waals surface area contributed by atoms with Crippen molar-refractivity contribution >= 4 is 27.3 Å². The topological polar surface area (TPSA) is 66.4 Å². The first kappa shape index (κ1) is 18.1. The number of thioether (sulfide) groups is 1. The molecule has 0 spiro atoms. The first-order valence-electron chi connectivity index (χ1n) is 5.87. The fourth-order valence-electron chi connectivity index (χ4n) is 1.62. The Morgan fingerprint density at radius 3 is 2.38 bits per heavy atom. The molecule has 9 heteroatoms. The monoisotopic (exact) mass is 343 g/mol. The molecule has 0 fully saturated rings. The summed E-state index contributed by atoms with van der Waals surface area (Å²) in [4.78, 5) is -0.850. The number of rotatable bonds is 6. The van der Waals surface area contributed by atoms with E-state index in [-0.39, 0.29) is 12.2 Å². The van der Waals surface area contributed by atoms with E-state index in [2.05, 4.69) is 5.32 Å². The molecular weight excluding hydrogens is 327 g/mol. The number of nitrogens with one attached hydrogen (secondary N) is 1. The van der Waals surface area contributed by atoms with Gasteiger partial charge in [0.15, 0.2) is 0 Å². The second kappa shape index (κ2) is 6.45. The van der Waals surface area contributed by atoms with Crippen LogP contribution in [0.15, 0.2) is 29.2 Å². The predicted molar refractivity (Wildman–Crippen MR) is 77.2 cm³/mol. The van der Waals surface area contributed by atoms with E-state index in [1.165, 1.54) is 36.9 Å². The minimum Gasteiger partial charge on any atom is -0.387 e. The van der Waals surface area contributed by atoms with E-state index in [0.29, 0.717) is 5.75 Å². The van der Waals surface area contributed by atoms with Crippen LogP contribution in [0.3, 0.4) is 0 Å². The molecule has 0 saturated heterocycles. The average Bonchev–Trinajstić information content (AvgIpc) is 2.35. The van der Waals surface area contributed by atoms with Crippen LogP contribution in [0.2, 0.25) is 0 Å². The first-order chi connectivity index (χ1) is 9.51. The van der Waals surface area contributed by atoms with E-state index in [0.717, 1.165) is 6.07 Å². The number of hydrogen-bond acceptors (Lipinski definition) is 5. The maximum atomic E-state index is 12.6. The lowest BCUT2D eigenvalue weighted by atomic mass is 10.1. The van der Waals surface area contributed by atoms with Gasteiger partial charge in [-0.3, -0.25) is 0 Å². The molecule has 0 aromatic heterocycles. The van der Waals surface area contributed by atoms with Gasteiger partial charge in [0.1, 0.15) is 0 Å². The lowest BCUT2D eigenvalue weighted by Crippen LogP contribution is -2.36. The van der Waals surface area contributed by atoms with Crippen molar-refractivity contribution in [1.82, 2.24) is 0 Å². The van der Waals surface area contributed by atoms with Gasteiger partial charge in [-0.2, -0.15) is 24.9 Å². The highest BCUT2D eigenvalue weighted by Gasteiger charge is 2.47. The van der Waals surface area contributed by atoms with Gasteiger partial charge >= 0.3 is 5.51 Å². The molecule has 0 heterocycles. The molecule has 1 atom stereocenters. The summed E-state index contributed by atoms with van der Waals surface area (Å²) in [5.41, 5.74) is -6.72. The molecule has 1 aromatic rings. The van der Waals surface area contributed by atoms with E-state index in [4.69, 9.17) is 0 Å². The Labute approximate surface area is 125 Å². The number of sulfone groups is 1. The highest BCUT2D eigenvalue weighted by atomic mass is 32.2. The molecule has 1 unspecified atom stereocenters. The quantitative estimate of drug-likeness (QED) is 0.831. The zero-order valence-corrected chi connectivity index (χ0v) is 13.1. The maximum Gasteiger partial charge on any atom is 0.501 e. The van der Waals surface area contributed by atoms with Crippen molar-refractivity contribution in [2.75, 3.05) is 23.9 Å². The minimum atomic E-state index is -5.44. The molecule has 0 aliphatic heterocycles. The molecule has 21 heavy (non-hydrogen) atoms. The Kier molecular flexibility index (Phi) is 5.57. The van der Waals surface area contributed by atoms with E-state index in [9.17, 15) is 26.7 Å². The van der Waals surface area contributed by atoms with Gasteiger partial charge in [0.05, 0.1) is 16.2 Å². The zero-order valence-electron chi connectivity index (χ0n) is 11.4. The number of para-hydroxylation sites is 1. The second-order valence-electron chi connectivity index (χ2n) is 4.73. The Morgan fingerprint density at radius 1 is 1.29 bits per heavy atom. The van der Waals surface area contributed by atoms with Crippen molar-refractivity contribution in [2.24, 2.45) is 0 Å². The van der Waals surface area contributed by atoms with Gasteiger partial charge in [0, 0.05) is 12.3 Å². The van der Waals surface area contributed by atoms with Crippen molar-refractivity contribution in [3.8, 4) is 0 Å². The van der Waals surface area contributed by atoms with Crippen LogP contribution in [-0.2, 0) is 9.84 Å². The van der Waals surface area contributed by atoms with Gasteiger partial charge in [0.25, 0.3) is 9.84 Å². The van der Waals surface area contributed by atoms with Crippen LogP contribution in [0.4, 0.5) is 18.9 Å². The normalized spacial score (nSPS) is 15.5. The molecule has 0 amide bonds. The lowest BCUT2D eigenvalue weighted by Gasteiger charge is -2.24. The number of halogens is 3. The van der Waals surface area contributed by atoms with E-state index >= 15 is 0 Å². The Bertz CT molecular complexity index is 586. The highest BCUT2D eigenvalue weighted by molar-refractivity contribution is 7.98. The van der Waals surface area contributed by atoms with Crippen molar-refractivity contribution in [1.29, 1.82) is 0 Å². The average molecular weight is 343 g/mol. The Balaban J connectivity index is 3.07. The fraction of sp³-hybridized carbons (Fsp3) is 0.500. The smallest absolute Gasteiger partial charge is 0.387 e. The van der Waals surface area contributed by atoms with Crippen LogP contribution >= 0.6 is 11.8 Å². The third-order valence-electron chi connectivity index (χ3n) is 2.60. The summed E-state index contributed by atoms with van der Waals surface area (Å²) in [6, 6.07) is 4.74. The Morgan fingerprint density at radius 2 is 1.86 bits per heavy atom. The summed E-state index contributed by atoms with van der Waals surface area (Å²) >= 11 is 1.37. The van der Waals surface area contributed by atoms with Crippen LogP contribution in [0.5, 0.6) is 0 Å². The molecule has 0 saturated carbocycles. The van der Waals surface area contributed by atoms with Gasteiger partial charge in [-0.15, -0.1) is 0 Å². The van der Waals surface area contributed by atoms with Crippen LogP contribution in [-0.4, -0.2) is 43.2 Å². The number of anilines is 1. The number of benzene rings is 1. The number of hydrogen-bond donors (Lipinski definition) is 2. The first-order valence-corrected chi connectivity index (χ1v) is 8.74. The van der Waals surface area contributed by atoms with E-state index in [1.54, 1.807) is 6.26 Å².